The number of likely N-dealkylation sites (tertiary alicyclic amines) is 1. The SMILES string of the molecule is CC(Oc1cccc(Cl)c1Cl)C(=O)N1CCC(C(C)N)CC1. The number of piperidine rings is 1. The normalized spacial score (nSPS) is 18.9. The minimum absolute atomic E-state index is 0.0285. The van der Waals surface area contributed by atoms with Gasteiger partial charge in [-0.3, -0.25) is 4.79 Å². The third-order valence-corrected chi connectivity index (χ3v) is 4.96. The van der Waals surface area contributed by atoms with E-state index in [2.05, 4.69) is 0 Å². The van der Waals surface area contributed by atoms with Crippen molar-refractivity contribution < 1.29 is 9.53 Å². The first kappa shape index (κ1) is 17.4. The maximum absolute atomic E-state index is 12.5. The summed E-state index contributed by atoms with van der Waals surface area (Å²) in [6.07, 6.45) is 1.28. The van der Waals surface area contributed by atoms with Gasteiger partial charge < -0.3 is 15.4 Å². The average Bonchev–Trinajstić information content (AvgIpc) is 2.51. The molecular formula is C16H22Cl2N2O2. The van der Waals surface area contributed by atoms with E-state index in [9.17, 15) is 4.79 Å². The lowest BCUT2D eigenvalue weighted by molar-refractivity contribution is -0.139. The Morgan fingerprint density at radius 1 is 1.32 bits per heavy atom. The van der Waals surface area contributed by atoms with Gasteiger partial charge in [-0.15, -0.1) is 0 Å². The topological polar surface area (TPSA) is 55.6 Å². The molecule has 0 aromatic heterocycles. The number of nitrogens with zero attached hydrogens (tertiary/aromatic N) is 1. The number of halogens is 2. The zero-order valence-electron chi connectivity index (χ0n) is 12.9. The number of hydrogen-bond acceptors (Lipinski definition) is 3. The molecule has 1 aliphatic rings. The van der Waals surface area contributed by atoms with Crippen LogP contribution in [0.25, 0.3) is 0 Å². The standard InChI is InChI=1S/C16H22Cl2N2O2/c1-10(19)12-6-8-20(9-7-12)16(21)11(2)22-14-5-3-4-13(17)15(14)18/h3-5,10-12H,6-9,19H2,1-2H3. The first-order valence-electron chi connectivity index (χ1n) is 7.55. The van der Waals surface area contributed by atoms with Gasteiger partial charge in [0.05, 0.1) is 5.02 Å². The van der Waals surface area contributed by atoms with Gasteiger partial charge in [-0.05, 0) is 44.7 Å². The molecule has 22 heavy (non-hydrogen) atoms. The van der Waals surface area contributed by atoms with E-state index >= 15 is 0 Å². The van der Waals surface area contributed by atoms with Crippen molar-refractivity contribution in [1.29, 1.82) is 0 Å². The van der Waals surface area contributed by atoms with Crippen molar-refractivity contribution in [2.24, 2.45) is 11.7 Å². The largest absolute Gasteiger partial charge is 0.479 e. The second-order valence-corrected chi connectivity index (χ2v) is 6.62. The Balaban J connectivity index is 1.94. The van der Waals surface area contributed by atoms with Crippen LogP contribution in [-0.4, -0.2) is 36.0 Å². The molecule has 122 valence electrons. The number of carbonyl (C=O) groups excluding carboxylic acids is 1. The molecule has 1 amide bonds. The Bertz CT molecular complexity index is 529. The Labute approximate surface area is 141 Å². The summed E-state index contributed by atoms with van der Waals surface area (Å²) in [6.45, 7) is 5.20. The number of ether oxygens (including phenoxy) is 1. The Hall–Kier alpha value is -0.970. The van der Waals surface area contributed by atoms with E-state index in [1.165, 1.54) is 0 Å². The van der Waals surface area contributed by atoms with E-state index in [4.69, 9.17) is 33.7 Å². The van der Waals surface area contributed by atoms with E-state index in [0.717, 1.165) is 25.9 Å². The summed E-state index contributed by atoms with van der Waals surface area (Å²) in [7, 11) is 0. The van der Waals surface area contributed by atoms with E-state index < -0.39 is 6.10 Å². The molecule has 0 radical (unpaired) electrons. The zero-order valence-corrected chi connectivity index (χ0v) is 14.4. The summed E-state index contributed by atoms with van der Waals surface area (Å²) in [5.74, 6) is 0.891. The van der Waals surface area contributed by atoms with Crippen LogP contribution in [0.1, 0.15) is 26.7 Å². The van der Waals surface area contributed by atoms with Crippen molar-refractivity contribution in [3.8, 4) is 5.75 Å². The highest BCUT2D eigenvalue weighted by Gasteiger charge is 2.28. The maximum Gasteiger partial charge on any atom is 0.263 e. The van der Waals surface area contributed by atoms with Gasteiger partial charge in [0.2, 0.25) is 0 Å². The minimum atomic E-state index is -0.595. The zero-order chi connectivity index (χ0) is 16.3. The van der Waals surface area contributed by atoms with Gasteiger partial charge in [0, 0.05) is 19.1 Å². The molecule has 1 aromatic rings. The Morgan fingerprint density at radius 3 is 2.55 bits per heavy atom. The van der Waals surface area contributed by atoms with Crippen LogP contribution in [0.5, 0.6) is 5.75 Å². The van der Waals surface area contributed by atoms with E-state index in [1.807, 2.05) is 11.8 Å². The number of carbonyl (C=O) groups is 1. The molecule has 1 aliphatic heterocycles. The highest BCUT2D eigenvalue weighted by Crippen LogP contribution is 2.32. The monoisotopic (exact) mass is 344 g/mol. The second-order valence-electron chi connectivity index (χ2n) is 5.83. The highest BCUT2D eigenvalue weighted by molar-refractivity contribution is 6.42. The quantitative estimate of drug-likeness (QED) is 0.911. The Kier molecular flexibility index (Phi) is 5.95. The lowest BCUT2D eigenvalue weighted by Crippen LogP contribution is -2.46. The van der Waals surface area contributed by atoms with Crippen molar-refractivity contribution in [2.45, 2.75) is 38.8 Å². The molecule has 6 heteroatoms. The minimum Gasteiger partial charge on any atom is -0.479 e. The summed E-state index contributed by atoms with van der Waals surface area (Å²) >= 11 is 12.0. The van der Waals surface area contributed by atoms with Crippen LogP contribution < -0.4 is 10.5 Å². The fraction of sp³-hybridized carbons (Fsp3) is 0.562. The van der Waals surface area contributed by atoms with Crippen molar-refractivity contribution in [1.82, 2.24) is 4.90 Å². The van der Waals surface area contributed by atoms with E-state index in [1.54, 1.807) is 25.1 Å². The summed E-state index contributed by atoms with van der Waals surface area (Å²) < 4.78 is 5.68. The van der Waals surface area contributed by atoms with Crippen LogP contribution in [-0.2, 0) is 4.79 Å². The Morgan fingerprint density at radius 2 is 1.95 bits per heavy atom. The van der Waals surface area contributed by atoms with Gasteiger partial charge in [0.1, 0.15) is 10.8 Å². The van der Waals surface area contributed by atoms with Crippen molar-refractivity contribution in [3.63, 3.8) is 0 Å². The van der Waals surface area contributed by atoms with E-state index in [-0.39, 0.29) is 11.9 Å². The molecule has 2 N–H and O–H groups in total. The summed E-state index contributed by atoms with van der Waals surface area (Å²) in [5.41, 5.74) is 5.93. The molecule has 2 atom stereocenters. The fourth-order valence-corrected chi connectivity index (χ4v) is 3.06. The molecular weight excluding hydrogens is 323 g/mol. The first-order valence-corrected chi connectivity index (χ1v) is 8.30. The van der Waals surface area contributed by atoms with Crippen molar-refractivity contribution in [3.05, 3.63) is 28.2 Å². The van der Waals surface area contributed by atoms with Gasteiger partial charge in [-0.1, -0.05) is 29.3 Å². The molecule has 0 saturated carbocycles. The second kappa shape index (κ2) is 7.53. The third kappa shape index (κ3) is 4.06. The van der Waals surface area contributed by atoms with Crippen LogP contribution in [0.3, 0.4) is 0 Å². The molecule has 0 bridgehead atoms. The van der Waals surface area contributed by atoms with Crippen LogP contribution >= 0.6 is 23.2 Å². The number of benzene rings is 1. The molecule has 2 unspecified atom stereocenters. The van der Waals surface area contributed by atoms with Gasteiger partial charge >= 0.3 is 0 Å². The summed E-state index contributed by atoms with van der Waals surface area (Å²) in [6, 6.07) is 5.31. The highest BCUT2D eigenvalue weighted by atomic mass is 35.5. The number of amides is 1. The lowest BCUT2D eigenvalue weighted by atomic mass is 9.91. The van der Waals surface area contributed by atoms with Crippen LogP contribution in [0.2, 0.25) is 10.0 Å². The summed E-state index contributed by atoms with van der Waals surface area (Å²) in [5, 5.41) is 0.746. The number of rotatable bonds is 4. The van der Waals surface area contributed by atoms with Gasteiger partial charge in [0.15, 0.2) is 6.10 Å². The molecule has 1 heterocycles. The van der Waals surface area contributed by atoms with Gasteiger partial charge in [-0.2, -0.15) is 0 Å². The van der Waals surface area contributed by atoms with Gasteiger partial charge in [-0.25, -0.2) is 0 Å². The van der Waals surface area contributed by atoms with Crippen molar-refractivity contribution >= 4 is 29.1 Å². The van der Waals surface area contributed by atoms with Crippen LogP contribution in [0, 0.1) is 5.92 Å². The number of hydrogen-bond donors (Lipinski definition) is 1. The fourth-order valence-electron chi connectivity index (χ4n) is 2.72. The molecule has 0 aliphatic carbocycles. The lowest BCUT2D eigenvalue weighted by Gasteiger charge is -2.35. The van der Waals surface area contributed by atoms with Crippen LogP contribution in [0.15, 0.2) is 18.2 Å². The predicted molar refractivity (Wildman–Crippen MR) is 89.5 cm³/mol. The predicted octanol–water partition coefficient (Wildman–Crippen LogP) is 3.35. The first-order chi connectivity index (χ1) is 10.4. The molecule has 4 nitrogen and oxygen atoms in total. The maximum atomic E-state index is 12.5. The average molecular weight is 345 g/mol. The molecule has 2 rings (SSSR count). The molecule has 0 spiro atoms. The molecule has 1 aromatic carbocycles. The number of nitrogens with two attached hydrogens (primary N) is 1. The van der Waals surface area contributed by atoms with E-state index in [0.29, 0.717) is 21.7 Å². The summed E-state index contributed by atoms with van der Waals surface area (Å²) in [4.78, 5) is 14.3. The smallest absolute Gasteiger partial charge is 0.263 e. The van der Waals surface area contributed by atoms with Crippen LogP contribution in [0.4, 0.5) is 0 Å². The van der Waals surface area contributed by atoms with Gasteiger partial charge in [0.25, 0.3) is 5.91 Å². The third-order valence-electron chi connectivity index (χ3n) is 4.16. The molecule has 1 fully saturated rings. The van der Waals surface area contributed by atoms with Crippen molar-refractivity contribution in [2.75, 3.05) is 13.1 Å². The molecule has 1 saturated heterocycles.